The molecule has 5 rings (SSSR count). The lowest BCUT2D eigenvalue weighted by atomic mass is 10.0. The minimum Gasteiger partial charge on any atom is -0.374 e. The summed E-state index contributed by atoms with van der Waals surface area (Å²) >= 11 is 0. The van der Waals surface area contributed by atoms with E-state index in [4.69, 9.17) is 18.9 Å². The predicted molar refractivity (Wildman–Crippen MR) is 123 cm³/mol. The Kier molecular flexibility index (Phi) is 6.95. The SMILES string of the molecule is c1ccc(COC[C@H]2O[C@H]3C[C@H]3[C@@H](OCc3ccccc3)[C@@H]2OCc2ccccc2)cc1. The molecule has 1 aliphatic carbocycles. The van der Waals surface area contributed by atoms with E-state index in [0.717, 1.165) is 17.5 Å². The molecule has 1 heterocycles. The van der Waals surface area contributed by atoms with Crippen LogP contribution in [0.3, 0.4) is 0 Å². The molecule has 0 aromatic heterocycles. The van der Waals surface area contributed by atoms with Gasteiger partial charge in [0.15, 0.2) is 0 Å². The highest BCUT2D eigenvalue weighted by Gasteiger charge is 2.56. The third-order valence-corrected chi connectivity index (χ3v) is 6.20. The van der Waals surface area contributed by atoms with Gasteiger partial charge in [-0.2, -0.15) is 0 Å². The van der Waals surface area contributed by atoms with Crippen LogP contribution in [0.4, 0.5) is 0 Å². The van der Waals surface area contributed by atoms with Crippen molar-refractivity contribution in [1.82, 2.24) is 0 Å². The average molecular weight is 431 g/mol. The van der Waals surface area contributed by atoms with Crippen molar-refractivity contribution in [2.45, 2.75) is 50.7 Å². The minimum absolute atomic E-state index is 0.00277. The van der Waals surface area contributed by atoms with Crippen LogP contribution in [-0.2, 0) is 38.8 Å². The highest BCUT2D eigenvalue weighted by Crippen LogP contribution is 2.46. The maximum atomic E-state index is 6.46. The van der Waals surface area contributed by atoms with Crippen LogP contribution in [0.25, 0.3) is 0 Å². The van der Waals surface area contributed by atoms with E-state index >= 15 is 0 Å². The number of ether oxygens (including phenoxy) is 4. The topological polar surface area (TPSA) is 36.9 Å². The molecule has 0 spiro atoms. The van der Waals surface area contributed by atoms with Crippen molar-refractivity contribution >= 4 is 0 Å². The second kappa shape index (κ2) is 10.4. The molecule has 1 saturated carbocycles. The molecule has 1 aliphatic heterocycles. The molecular weight excluding hydrogens is 400 g/mol. The van der Waals surface area contributed by atoms with Gasteiger partial charge in [-0.15, -0.1) is 0 Å². The quantitative estimate of drug-likeness (QED) is 0.445. The molecule has 4 nitrogen and oxygen atoms in total. The Bertz CT molecular complexity index is 947. The molecule has 5 atom stereocenters. The Labute approximate surface area is 190 Å². The van der Waals surface area contributed by atoms with Gasteiger partial charge in [0.1, 0.15) is 12.2 Å². The maximum Gasteiger partial charge on any atom is 0.113 e. The van der Waals surface area contributed by atoms with Crippen molar-refractivity contribution in [3.8, 4) is 0 Å². The van der Waals surface area contributed by atoms with E-state index in [1.165, 1.54) is 5.56 Å². The van der Waals surface area contributed by atoms with Crippen LogP contribution in [0.5, 0.6) is 0 Å². The summed E-state index contributed by atoms with van der Waals surface area (Å²) in [6.07, 6.45) is 0.964. The monoisotopic (exact) mass is 430 g/mol. The van der Waals surface area contributed by atoms with Crippen molar-refractivity contribution in [3.63, 3.8) is 0 Å². The molecule has 3 aromatic carbocycles. The minimum atomic E-state index is -0.168. The van der Waals surface area contributed by atoms with Crippen molar-refractivity contribution in [2.24, 2.45) is 5.92 Å². The van der Waals surface area contributed by atoms with E-state index in [0.29, 0.717) is 32.3 Å². The van der Waals surface area contributed by atoms with Gasteiger partial charge < -0.3 is 18.9 Å². The van der Waals surface area contributed by atoms with Gasteiger partial charge in [-0.1, -0.05) is 91.0 Å². The molecule has 0 bridgehead atoms. The largest absolute Gasteiger partial charge is 0.374 e. The average Bonchev–Trinajstić information content (AvgIpc) is 3.63. The summed E-state index contributed by atoms with van der Waals surface area (Å²) in [6, 6.07) is 30.8. The van der Waals surface area contributed by atoms with Crippen LogP contribution in [0, 0.1) is 5.92 Å². The van der Waals surface area contributed by atoms with Gasteiger partial charge in [-0.05, 0) is 23.1 Å². The Balaban J connectivity index is 1.26. The fourth-order valence-corrected chi connectivity index (χ4v) is 4.40. The van der Waals surface area contributed by atoms with Gasteiger partial charge in [0.25, 0.3) is 0 Å². The molecule has 4 heteroatoms. The zero-order chi connectivity index (χ0) is 21.6. The smallest absolute Gasteiger partial charge is 0.113 e. The fraction of sp³-hybridized carbons (Fsp3) is 0.357. The molecule has 3 aromatic rings. The molecule has 0 radical (unpaired) electrons. The van der Waals surface area contributed by atoms with E-state index in [-0.39, 0.29) is 24.4 Å². The summed E-state index contributed by atoms with van der Waals surface area (Å²) in [5.74, 6) is 0.393. The van der Waals surface area contributed by atoms with E-state index in [1.807, 2.05) is 54.6 Å². The molecule has 32 heavy (non-hydrogen) atoms. The molecule has 2 aliphatic rings. The summed E-state index contributed by atoms with van der Waals surface area (Å²) in [6.45, 7) is 2.17. The Hall–Kier alpha value is -2.50. The van der Waals surface area contributed by atoms with Crippen LogP contribution in [0.2, 0.25) is 0 Å². The van der Waals surface area contributed by atoms with Crippen LogP contribution in [0.1, 0.15) is 23.1 Å². The molecule has 0 N–H and O–H groups in total. The Morgan fingerprint density at radius 2 is 1.12 bits per heavy atom. The summed E-state index contributed by atoms with van der Waals surface area (Å²) < 4.78 is 25.3. The lowest BCUT2D eigenvalue weighted by Gasteiger charge is -2.37. The zero-order valence-corrected chi connectivity index (χ0v) is 18.2. The van der Waals surface area contributed by atoms with Crippen molar-refractivity contribution in [3.05, 3.63) is 108 Å². The van der Waals surface area contributed by atoms with Crippen LogP contribution >= 0.6 is 0 Å². The normalized spacial score (nSPS) is 26.4. The molecule has 2 fully saturated rings. The summed E-state index contributed by atoms with van der Waals surface area (Å²) in [5.41, 5.74) is 3.48. The first kappa shape index (κ1) is 21.4. The second-order valence-electron chi connectivity index (χ2n) is 8.64. The zero-order valence-electron chi connectivity index (χ0n) is 18.2. The molecule has 0 unspecified atom stereocenters. The Morgan fingerprint density at radius 1 is 0.625 bits per heavy atom. The highest BCUT2D eigenvalue weighted by atomic mass is 16.6. The Morgan fingerprint density at radius 3 is 1.69 bits per heavy atom. The van der Waals surface area contributed by atoms with Gasteiger partial charge in [0.2, 0.25) is 0 Å². The molecule has 166 valence electrons. The summed E-state index contributed by atoms with van der Waals surface area (Å²) in [7, 11) is 0. The first-order chi connectivity index (χ1) is 15.9. The molecule has 1 saturated heterocycles. The van der Waals surface area contributed by atoms with E-state index < -0.39 is 0 Å². The summed E-state index contributed by atoms with van der Waals surface area (Å²) in [5, 5.41) is 0. The first-order valence-corrected chi connectivity index (χ1v) is 11.4. The van der Waals surface area contributed by atoms with Gasteiger partial charge >= 0.3 is 0 Å². The highest BCUT2D eigenvalue weighted by molar-refractivity contribution is 5.16. The predicted octanol–water partition coefficient (Wildman–Crippen LogP) is 5.16. The van der Waals surface area contributed by atoms with E-state index in [2.05, 4.69) is 36.4 Å². The van der Waals surface area contributed by atoms with Crippen molar-refractivity contribution < 1.29 is 18.9 Å². The number of hydrogen-bond acceptors (Lipinski definition) is 4. The summed E-state index contributed by atoms with van der Waals surface area (Å²) in [4.78, 5) is 0. The first-order valence-electron chi connectivity index (χ1n) is 11.4. The van der Waals surface area contributed by atoms with Crippen LogP contribution in [0.15, 0.2) is 91.0 Å². The van der Waals surface area contributed by atoms with E-state index in [1.54, 1.807) is 0 Å². The lowest BCUT2D eigenvalue weighted by molar-refractivity contribution is -0.201. The maximum absolute atomic E-state index is 6.46. The van der Waals surface area contributed by atoms with Crippen molar-refractivity contribution in [1.29, 1.82) is 0 Å². The van der Waals surface area contributed by atoms with Crippen molar-refractivity contribution in [2.75, 3.05) is 6.61 Å². The van der Waals surface area contributed by atoms with Gasteiger partial charge in [-0.25, -0.2) is 0 Å². The number of rotatable bonds is 10. The second-order valence-corrected chi connectivity index (χ2v) is 8.64. The number of fused-ring (bicyclic) bond motifs is 1. The van der Waals surface area contributed by atoms with Gasteiger partial charge in [-0.3, -0.25) is 0 Å². The third kappa shape index (κ3) is 5.45. The van der Waals surface area contributed by atoms with E-state index in [9.17, 15) is 0 Å². The number of benzene rings is 3. The van der Waals surface area contributed by atoms with Gasteiger partial charge in [0, 0.05) is 5.92 Å². The third-order valence-electron chi connectivity index (χ3n) is 6.20. The lowest BCUT2D eigenvalue weighted by Crippen LogP contribution is -2.50. The molecule has 0 amide bonds. The standard InChI is InChI=1S/C28H30O4/c1-4-10-21(11-5-1)17-29-20-26-28(31-19-23-14-8-3-9-15-23)27(24-16-25(24)32-26)30-18-22-12-6-2-7-13-22/h1-15,24-28H,16-20H2/t24-,25+,26-,27-,28-/m1/s1. The van der Waals surface area contributed by atoms with Crippen LogP contribution < -0.4 is 0 Å². The number of hydrogen-bond donors (Lipinski definition) is 0. The fourth-order valence-electron chi connectivity index (χ4n) is 4.40. The molecular formula is C28H30O4. The van der Waals surface area contributed by atoms with Gasteiger partial charge in [0.05, 0.1) is 38.6 Å². The van der Waals surface area contributed by atoms with Crippen LogP contribution in [-0.4, -0.2) is 31.0 Å².